The van der Waals surface area contributed by atoms with E-state index in [-0.39, 0.29) is 5.56 Å². The Bertz CT molecular complexity index is 654. The molecule has 3 N–H and O–H groups in total. The average molecular weight is 290 g/mol. The third-order valence-electron chi connectivity index (χ3n) is 2.80. The molecule has 0 aromatic carbocycles. The van der Waals surface area contributed by atoms with E-state index >= 15 is 0 Å². The summed E-state index contributed by atoms with van der Waals surface area (Å²) in [5.41, 5.74) is 8.30. The van der Waals surface area contributed by atoms with Crippen molar-refractivity contribution in [3.05, 3.63) is 45.5 Å². The Labute approximate surface area is 122 Å². The summed E-state index contributed by atoms with van der Waals surface area (Å²) >= 11 is 1.37. The standard InChI is InChI=1S/C14H18N4OS/c1-3-4-11-6-12(19)18-14(17-11)20-13-9(2)5-10(7-15)8-16-13/h5-6,8H,3-4,7,15H2,1-2H3,(H,17,18,19). The van der Waals surface area contributed by atoms with Crippen LogP contribution in [0.3, 0.4) is 0 Å². The van der Waals surface area contributed by atoms with Gasteiger partial charge < -0.3 is 10.7 Å². The summed E-state index contributed by atoms with van der Waals surface area (Å²) in [6.45, 7) is 4.51. The first-order chi connectivity index (χ1) is 9.62. The Kier molecular flexibility index (Phi) is 4.92. The number of rotatable bonds is 5. The molecular formula is C14H18N4OS. The highest BCUT2D eigenvalue weighted by atomic mass is 32.2. The molecule has 2 aromatic rings. The molecule has 106 valence electrons. The van der Waals surface area contributed by atoms with Crippen LogP contribution in [0.5, 0.6) is 0 Å². The molecule has 0 saturated carbocycles. The quantitative estimate of drug-likeness (QED) is 0.823. The number of aromatic amines is 1. The van der Waals surface area contributed by atoms with Crippen molar-refractivity contribution in [3.63, 3.8) is 0 Å². The Morgan fingerprint density at radius 3 is 2.85 bits per heavy atom. The molecule has 0 aliphatic heterocycles. The molecule has 2 heterocycles. The molecule has 2 aromatic heterocycles. The summed E-state index contributed by atoms with van der Waals surface area (Å²) in [6, 6.07) is 3.55. The van der Waals surface area contributed by atoms with Crippen LogP contribution in [0.25, 0.3) is 0 Å². The van der Waals surface area contributed by atoms with Crippen LogP contribution in [0, 0.1) is 6.92 Å². The van der Waals surface area contributed by atoms with E-state index < -0.39 is 0 Å². The van der Waals surface area contributed by atoms with Gasteiger partial charge in [0, 0.05) is 24.5 Å². The number of hydrogen-bond acceptors (Lipinski definition) is 5. The van der Waals surface area contributed by atoms with Crippen LogP contribution in [-0.4, -0.2) is 15.0 Å². The summed E-state index contributed by atoms with van der Waals surface area (Å²) < 4.78 is 0. The third-order valence-corrected chi connectivity index (χ3v) is 3.80. The van der Waals surface area contributed by atoms with Crippen molar-refractivity contribution < 1.29 is 0 Å². The van der Waals surface area contributed by atoms with Gasteiger partial charge >= 0.3 is 0 Å². The Hall–Kier alpha value is -1.66. The molecule has 0 amide bonds. The maximum Gasteiger partial charge on any atom is 0.251 e. The van der Waals surface area contributed by atoms with Gasteiger partial charge in [-0.05, 0) is 36.2 Å². The lowest BCUT2D eigenvalue weighted by atomic mass is 10.2. The molecule has 0 radical (unpaired) electrons. The van der Waals surface area contributed by atoms with Crippen LogP contribution < -0.4 is 11.3 Å². The maximum absolute atomic E-state index is 11.6. The van der Waals surface area contributed by atoms with E-state index in [1.807, 2.05) is 13.0 Å². The topological polar surface area (TPSA) is 84.7 Å². The molecule has 6 heteroatoms. The first kappa shape index (κ1) is 14.7. The molecule has 0 unspecified atom stereocenters. The minimum Gasteiger partial charge on any atom is -0.326 e. The second-order valence-electron chi connectivity index (χ2n) is 4.56. The number of nitrogens with one attached hydrogen (secondary N) is 1. The van der Waals surface area contributed by atoms with E-state index in [9.17, 15) is 4.79 Å². The number of nitrogens with zero attached hydrogens (tertiary/aromatic N) is 2. The van der Waals surface area contributed by atoms with E-state index in [1.54, 1.807) is 12.3 Å². The lowest BCUT2D eigenvalue weighted by Crippen LogP contribution is -2.10. The first-order valence-corrected chi connectivity index (χ1v) is 7.37. The monoisotopic (exact) mass is 290 g/mol. The summed E-state index contributed by atoms with van der Waals surface area (Å²) in [6.07, 6.45) is 3.52. The summed E-state index contributed by atoms with van der Waals surface area (Å²) in [5.74, 6) is 0. The number of pyridine rings is 1. The lowest BCUT2D eigenvalue weighted by Gasteiger charge is -2.06. The van der Waals surface area contributed by atoms with Crippen molar-refractivity contribution in [3.8, 4) is 0 Å². The van der Waals surface area contributed by atoms with Crippen molar-refractivity contribution in [2.75, 3.05) is 0 Å². The van der Waals surface area contributed by atoms with Crippen molar-refractivity contribution in [2.45, 2.75) is 43.4 Å². The van der Waals surface area contributed by atoms with Crippen LogP contribution >= 0.6 is 11.8 Å². The van der Waals surface area contributed by atoms with Crippen molar-refractivity contribution in [1.29, 1.82) is 0 Å². The molecule has 0 fully saturated rings. The minimum atomic E-state index is -0.123. The zero-order chi connectivity index (χ0) is 14.5. The van der Waals surface area contributed by atoms with E-state index in [2.05, 4.69) is 21.9 Å². The van der Waals surface area contributed by atoms with Gasteiger partial charge in [0.05, 0.1) is 0 Å². The van der Waals surface area contributed by atoms with E-state index in [4.69, 9.17) is 5.73 Å². The minimum absolute atomic E-state index is 0.123. The zero-order valence-electron chi connectivity index (χ0n) is 11.6. The fourth-order valence-corrected chi connectivity index (χ4v) is 2.67. The maximum atomic E-state index is 11.6. The van der Waals surface area contributed by atoms with Gasteiger partial charge in [-0.1, -0.05) is 19.4 Å². The molecule has 20 heavy (non-hydrogen) atoms. The van der Waals surface area contributed by atoms with Crippen molar-refractivity contribution >= 4 is 11.8 Å². The van der Waals surface area contributed by atoms with Gasteiger partial charge in [-0.3, -0.25) is 4.79 Å². The van der Waals surface area contributed by atoms with Crippen LogP contribution in [0.4, 0.5) is 0 Å². The highest BCUT2D eigenvalue weighted by Gasteiger charge is 2.07. The SMILES string of the molecule is CCCc1cc(=O)[nH]c(Sc2ncc(CN)cc2C)n1. The Morgan fingerprint density at radius 2 is 2.20 bits per heavy atom. The fraction of sp³-hybridized carbons (Fsp3) is 0.357. The largest absolute Gasteiger partial charge is 0.326 e. The lowest BCUT2D eigenvalue weighted by molar-refractivity contribution is 0.814. The number of H-pyrrole nitrogens is 1. The van der Waals surface area contributed by atoms with Crippen LogP contribution in [0.1, 0.15) is 30.2 Å². The molecule has 0 aliphatic rings. The normalized spacial score (nSPS) is 10.8. The van der Waals surface area contributed by atoms with Crippen LogP contribution in [0.15, 0.2) is 33.3 Å². The van der Waals surface area contributed by atoms with Crippen molar-refractivity contribution in [1.82, 2.24) is 15.0 Å². The fourth-order valence-electron chi connectivity index (χ4n) is 1.85. The highest BCUT2D eigenvalue weighted by Crippen LogP contribution is 2.25. The predicted octanol–water partition coefficient (Wildman–Crippen LogP) is 2.04. The van der Waals surface area contributed by atoms with Gasteiger partial charge in [0.15, 0.2) is 5.16 Å². The van der Waals surface area contributed by atoms with Gasteiger partial charge in [-0.25, -0.2) is 9.97 Å². The average Bonchev–Trinajstić information content (AvgIpc) is 2.41. The van der Waals surface area contributed by atoms with Crippen LogP contribution in [-0.2, 0) is 13.0 Å². The summed E-state index contributed by atoms with van der Waals surface area (Å²) in [4.78, 5) is 23.2. The van der Waals surface area contributed by atoms with E-state index in [0.29, 0.717) is 11.7 Å². The van der Waals surface area contributed by atoms with Gasteiger partial charge in [0.2, 0.25) is 0 Å². The molecule has 0 atom stereocenters. The second kappa shape index (κ2) is 6.67. The molecular weight excluding hydrogens is 272 g/mol. The molecule has 2 rings (SSSR count). The summed E-state index contributed by atoms with van der Waals surface area (Å²) in [5, 5.41) is 1.41. The number of aromatic nitrogens is 3. The summed E-state index contributed by atoms with van der Waals surface area (Å²) in [7, 11) is 0. The van der Waals surface area contributed by atoms with E-state index in [1.165, 1.54) is 11.8 Å². The van der Waals surface area contributed by atoms with E-state index in [0.717, 1.165) is 34.7 Å². The van der Waals surface area contributed by atoms with Gasteiger partial charge in [0.1, 0.15) is 5.03 Å². The highest BCUT2D eigenvalue weighted by molar-refractivity contribution is 7.99. The van der Waals surface area contributed by atoms with Crippen LogP contribution in [0.2, 0.25) is 0 Å². The molecule has 0 aliphatic carbocycles. The third kappa shape index (κ3) is 3.68. The predicted molar refractivity (Wildman–Crippen MR) is 79.8 cm³/mol. The number of aryl methyl sites for hydroxylation is 2. The molecule has 0 bridgehead atoms. The van der Waals surface area contributed by atoms with Crippen molar-refractivity contribution in [2.24, 2.45) is 5.73 Å². The number of hydrogen-bond donors (Lipinski definition) is 2. The molecule has 5 nitrogen and oxygen atoms in total. The second-order valence-corrected chi connectivity index (χ2v) is 5.54. The smallest absolute Gasteiger partial charge is 0.251 e. The Balaban J connectivity index is 2.27. The first-order valence-electron chi connectivity index (χ1n) is 6.56. The van der Waals surface area contributed by atoms with Gasteiger partial charge in [-0.15, -0.1) is 0 Å². The van der Waals surface area contributed by atoms with Gasteiger partial charge in [0.25, 0.3) is 5.56 Å². The Morgan fingerprint density at radius 1 is 1.40 bits per heavy atom. The molecule has 0 saturated heterocycles. The van der Waals surface area contributed by atoms with Gasteiger partial charge in [-0.2, -0.15) is 0 Å². The zero-order valence-corrected chi connectivity index (χ0v) is 12.5. The molecule has 0 spiro atoms. The number of nitrogens with two attached hydrogens (primary N) is 1.